The number of fused-ring (bicyclic) bond motifs is 1. The molecule has 5 aromatic rings. The Morgan fingerprint density at radius 3 is 2.46 bits per heavy atom. The molecule has 0 saturated heterocycles. The quantitative estimate of drug-likeness (QED) is 0.297. The predicted octanol–water partition coefficient (Wildman–Crippen LogP) is 5.76. The molecule has 1 amide bonds. The molecule has 0 saturated carbocycles. The fourth-order valence-corrected chi connectivity index (χ4v) is 4.04. The first-order chi connectivity index (χ1) is 17.2. The van der Waals surface area contributed by atoms with Crippen molar-refractivity contribution in [3.63, 3.8) is 0 Å². The van der Waals surface area contributed by atoms with Crippen LogP contribution in [-0.2, 0) is 11.3 Å². The molecule has 35 heavy (non-hydrogen) atoms. The van der Waals surface area contributed by atoms with Crippen molar-refractivity contribution in [1.29, 1.82) is 0 Å². The summed E-state index contributed by atoms with van der Waals surface area (Å²) in [5.74, 6) is 2.56. The first kappa shape index (κ1) is 22.4. The molecule has 2 aromatic carbocycles. The van der Waals surface area contributed by atoms with E-state index in [1.54, 1.807) is 12.5 Å². The van der Waals surface area contributed by atoms with Crippen LogP contribution in [0.1, 0.15) is 30.7 Å². The summed E-state index contributed by atoms with van der Waals surface area (Å²) in [4.78, 5) is 24.5. The molecule has 0 fully saturated rings. The van der Waals surface area contributed by atoms with Crippen molar-refractivity contribution in [3.8, 4) is 11.6 Å². The van der Waals surface area contributed by atoms with E-state index in [9.17, 15) is 4.79 Å². The SMILES string of the molecule is C[C@H](NC(=O)CCN(Cc1ccco1)c1nc(-c2ccco2)nc2ccccc12)c1ccccc1. The maximum Gasteiger partial charge on any atom is 0.222 e. The average molecular weight is 467 g/mol. The van der Waals surface area contributed by atoms with Gasteiger partial charge in [-0.3, -0.25) is 4.79 Å². The monoisotopic (exact) mass is 466 g/mol. The lowest BCUT2D eigenvalue weighted by Gasteiger charge is -2.25. The van der Waals surface area contributed by atoms with Crippen LogP contribution in [0.25, 0.3) is 22.5 Å². The maximum atomic E-state index is 12.9. The van der Waals surface area contributed by atoms with E-state index in [0.29, 0.717) is 31.1 Å². The Morgan fingerprint density at radius 2 is 1.69 bits per heavy atom. The summed E-state index contributed by atoms with van der Waals surface area (Å²) in [6, 6.07) is 25.1. The third kappa shape index (κ3) is 5.24. The van der Waals surface area contributed by atoms with Gasteiger partial charge in [0.1, 0.15) is 11.6 Å². The van der Waals surface area contributed by atoms with Gasteiger partial charge in [-0.2, -0.15) is 0 Å². The van der Waals surface area contributed by atoms with Gasteiger partial charge in [-0.25, -0.2) is 9.97 Å². The second kappa shape index (κ2) is 10.3. The second-order valence-corrected chi connectivity index (χ2v) is 8.32. The number of amides is 1. The zero-order valence-electron chi connectivity index (χ0n) is 19.4. The number of rotatable bonds is 9. The number of furan rings is 2. The third-order valence-corrected chi connectivity index (χ3v) is 5.84. The van der Waals surface area contributed by atoms with Crippen LogP contribution in [-0.4, -0.2) is 22.4 Å². The lowest BCUT2D eigenvalue weighted by Crippen LogP contribution is -2.32. The number of hydrogen-bond acceptors (Lipinski definition) is 6. The van der Waals surface area contributed by atoms with Gasteiger partial charge >= 0.3 is 0 Å². The Kier molecular flexibility index (Phi) is 6.57. The molecule has 7 heteroatoms. The molecule has 3 heterocycles. The van der Waals surface area contributed by atoms with Crippen molar-refractivity contribution in [2.45, 2.75) is 25.9 Å². The summed E-state index contributed by atoms with van der Waals surface area (Å²) in [6.45, 7) is 2.90. The number of carbonyl (C=O) groups excluding carboxylic acids is 1. The standard InChI is InChI=1S/C28H26N4O3/c1-20(21-9-3-2-4-10-21)29-26(33)15-16-32(19-22-11-7-17-34-22)28-23-12-5-6-13-24(23)30-27(31-28)25-14-8-18-35-25/h2-14,17-18,20H,15-16,19H2,1H3,(H,29,33)/t20-/m0/s1. The molecule has 0 unspecified atom stereocenters. The minimum atomic E-state index is -0.0762. The van der Waals surface area contributed by atoms with Gasteiger partial charge in [0.05, 0.1) is 30.6 Å². The van der Waals surface area contributed by atoms with E-state index in [1.165, 1.54) is 0 Å². The van der Waals surface area contributed by atoms with E-state index in [-0.39, 0.29) is 11.9 Å². The molecule has 1 N–H and O–H groups in total. The van der Waals surface area contributed by atoms with E-state index < -0.39 is 0 Å². The van der Waals surface area contributed by atoms with E-state index in [0.717, 1.165) is 28.0 Å². The summed E-state index contributed by atoms with van der Waals surface area (Å²) in [5, 5.41) is 3.99. The molecule has 7 nitrogen and oxygen atoms in total. The summed E-state index contributed by atoms with van der Waals surface area (Å²) < 4.78 is 11.2. The van der Waals surface area contributed by atoms with E-state index in [2.05, 4.69) is 10.2 Å². The van der Waals surface area contributed by atoms with Crippen LogP contribution in [0.15, 0.2) is 100 Å². The number of anilines is 1. The molecule has 0 radical (unpaired) electrons. The highest BCUT2D eigenvalue weighted by Crippen LogP contribution is 2.29. The van der Waals surface area contributed by atoms with Crippen molar-refractivity contribution in [3.05, 3.63) is 103 Å². The molecule has 0 spiro atoms. The van der Waals surface area contributed by atoms with Crippen molar-refractivity contribution in [2.75, 3.05) is 11.4 Å². The van der Waals surface area contributed by atoms with Gasteiger partial charge in [-0.05, 0) is 48.9 Å². The van der Waals surface area contributed by atoms with Crippen LogP contribution in [0.4, 0.5) is 5.82 Å². The molecule has 0 bridgehead atoms. The molecule has 0 aliphatic carbocycles. The Hall–Kier alpha value is -4.39. The van der Waals surface area contributed by atoms with Crippen LogP contribution in [0.5, 0.6) is 0 Å². The Bertz CT molecular complexity index is 1380. The summed E-state index contributed by atoms with van der Waals surface area (Å²) in [7, 11) is 0. The fraction of sp³-hybridized carbons (Fsp3) is 0.179. The van der Waals surface area contributed by atoms with Crippen LogP contribution in [0.3, 0.4) is 0 Å². The summed E-state index contributed by atoms with van der Waals surface area (Å²) >= 11 is 0. The molecule has 0 aliphatic rings. The number of nitrogens with one attached hydrogen (secondary N) is 1. The summed E-state index contributed by atoms with van der Waals surface area (Å²) in [6.07, 6.45) is 3.55. The molecule has 1 atom stereocenters. The molecule has 176 valence electrons. The van der Waals surface area contributed by atoms with E-state index in [1.807, 2.05) is 85.8 Å². The van der Waals surface area contributed by atoms with Gasteiger partial charge in [0, 0.05) is 18.4 Å². The second-order valence-electron chi connectivity index (χ2n) is 8.32. The van der Waals surface area contributed by atoms with Gasteiger partial charge in [0.25, 0.3) is 0 Å². The number of aromatic nitrogens is 2. The molecule has 3 aromatic heterocycles. The lowest BCUT2D eigenvalue weighted by molar-refractivity contribution is -0.121. The van der Waals surface area contributed by atoms with E-state index in [4.69, 9.17) is 18.8 Å². The van der Waals surface area contributed by atoms with Crippen molar-refractivity contribution < 1.29 is 13.6 Å². The van der Waals surface area contributed by atoms with Gasteiger partial charge in [0.15, 0.2) is 11.6 Å². The minimum Gasteiger partial charge on any atom is -0.467 e. The topological polar surface area (TPSA) is 84.4 Å². The van der Waals surface area contributed by atoms with Gasteiger partial charge in [-0.15, -0.1) is 0 Å². The zero-order valence-corrected chi connectivity index (χ0v) is 19.4. The molecule has 5 rings (SSSR count). The largest absolute Gasteiger partial charge is 0.467 e. The van der Waals surface area contributed by atoms with Crippen LogP contribution >= 0.6 is 0 Å². The number of benzene rings is 2. The van der Waals surface area contributed by atoms with Crippen LogP contribution in [0, 0.1) is 0 Å². The van der Waals surface area contributed by atoms with Crippen LogP contribution in [0.2, 0.25) is 0 Å². The first-order valence-corrected chi connectivity index (χ1v) is 11.6. The summed E-state index contributed by atoms with van der Waals surface area (Å²) in [5.41, 5.74) is 1.87. The van der Waals surface area contributed by atoms with Gasteiger partial charge in [-0.1, -0.05) is 42.5 Å². The molecular formula is C28H26N4O3. The Morgan fingerprint density at radius 1 is 0.914 bits per heavy atom. The lowest BCUT2D eigenvalue weighted by atomic mass is 10.1. The molecule has 0 aliphatic heterocycles. The Balaban J connectivity index is 1.43. The first-order valence-electron chi connectivity index (χ1n) is 11.6. The number of carbonyl (C=O) groups is 1. The fourth-order valence-electron chi connectivity index (χ4n) is 4.04. The van der Waals surface area contributed by atoms with Crippen molar-refractivity contribution >= 4 is 22.6 Å². The van der Waals surface area contributed by atoms with Gasteiger partial charge in [0.2, 0.25) is 5.91 Å². The number of hydrogen-bond donors (Lipinski definition) is 1. The third-order valence-electron chi connectivity index (χ3n) is 5.84. The Labute approximate surface area is 203 Å². The smallest absolute Gasteiger partial charge is 0.222 e. The normalized spacial score (nSPS) is 11.9. The van der Waals surface area contributed by atoms with Crippen LogP contribution < -0.4 is 10.2 Å². The highest BCUT2D eigenvalue weighted by Gasteiger charge is 2.19. The maximum absolute atomic E-state index is 12.9. The van der Waals surface area contributed by atoms with Gasteiger partial charge < -0.3 is 19.1 Å². The van der Waals surface area contributed by atoms with Crippen molar-refractivity contribution in [2.24, 2.45) is 0 Å². The highest BCUT2D eigenvalue weighted by molar-refractivity contribution is 5.91. The van der Waals surface area contributed by atoms with Crippen molar-refractivity contribution in [1.82, 2.24) is 15.3 Å². The zero-order chi connectivity index (χ0) is 24.0. The number of nitrogens with zero attached hydrogens (tertiary/aromatic N) is 3. The highest BCUT2D eigenvalue weighted by atomic mass is 16.3. The minimum absolute atomic E-state index is 0.0320. The number of para-hydroxylation sites is 1. The molecular weight excluding hydrogens is 440 g/mol. The predicted molar refractivity (Wildman–Crippen MR) is 135 cm³/mol. The van der Waals surface area contributed by atoms with E-state index >= 15 is 0 Å². The average Bonchev–Trinajstić information content (AvgIpc) is 3.61.